The van der Waals surface area contributed by atoms with Gasteiger partial charge in [-0.1, -0.05) is 48.5 Å². The van der Waals surface area contributed by atoms with E-state index in [1.807, 2.05) is 0 Å². The summed E-state index contributed by atoms with van der Waals surface area (Å²) in [6, 6.07) is 6.56. The average Bonchev–Trinajstić information content (AvgIpc) is 2.72. The molecule has 30 heavy (non-hydrogen) atoms. The van der Waals surface area contributed by atoms with Gasteiger partial charge >= 0.3 is 0 Å². The zero-order valence-electron chi connectivity index (χ0n) is 16.9. The van der Waals surface area contributed by atoms with Gasteiger partial charge in [-0.15, -0.1) is 0 Å². The van der Waals surface area contributed by atoms with Crippen LogP contribution in [0.25, 0.3) is 6.08 Å². The number of allylic oxidation sites excluding steroid dienone is 1. The fraction of sp³-hybridized carbons (Fsp3) is 0.348. The lowest BCUT2D eigenvalue weighted by molar-refractivity contribution is -0.00462. The van der Waals surface area contributed by atoms with Gasteiger partial charge < -0.3 is 19.7 Å². The predicted octanol–water partition coefficient (Wildman–Crippen LogP) is 5.76. The van der Waals surface area contributed by atoms with Gasteiger partial charge in [-0.2, -0.15) is 0 Å². The summed E-state index contributed by atoms with van der Waals surface area (Å²) >= 11 is 12.3. The van der Waals surface area contributed by atoms with Crippen LogP contribution in [0.1, 0.15) is 53.6 Å². The number of phenolic OH excluding ortho intramolecular Hbond substituents is 1. The van der Waals surface area contributed by atoms with Crippen LogP contribution in [0.4, 0.5) is 0 Å². The van der Waals surface area contributed by atoms with Crippen LogP contribution in [-0.2, 0) is 5.60 Å². The van der Waals surface area contributed by atoms with Crippen molar-refractivity contribution in [1.82, 2.24) is 0 Å². The minimum absolute atomic E-state index is 0.0493. The maximum absolute atomic E-state index is 13.0. The number of ether oxygens (including phenoxy) is 2. The van der Waals surface area contributed by atoms with Crippen LogP contribution >= 0.6 is 23.2 Å². The summed E-state index contributed by atoms with van der Waals surface area (Å²) in [6.07, 6.45) is 6.36. The quantitative estimate of drug-likeness (QED) is 0.431. The van der Waals surface area contributed by atoms with Crippen molar-refractivity contribution in [1.29, 1.82) is 0 Å². The molecule has 5 nitrogen and oxygen atoms in total. The van der Waals surface area contributed by atoms with Crippen LogP contribution in [0.15, 0.2) is 30.3 Å². The summed E-state index contributed by atoms with van der Waals surface area (Å²) in [5, 5.41) is 23.1. The van der Waals surface area contributed by atoms with Gasteiger partial charge in [0.2, 0.25) is 0 Å². The summed E-state index contributed by atoms with van der Waals surface area (Å²) in [5.74, 6) is -0.421. The monoisotopic (exact) mass is 450 g/mol. The van der Waals surface area contributed by atoms with Gasteiger partial charge in [-0.3, -0.25) is 4.79 Å². The standard InChI is InChI=1S/C23H24Cl2O5/c1-29-18-13-19(30-2)21(23(28)11-4-3-5-12-23)22(27)20(18)17(26)10-9-14-15(24)7-6-8-16(14)25/h6-10,13,27-28H,3-5,11-12H2,1-2H3. The Hall–Kier alpha value is -2.21. The van der Waals surface area contributed by atoms with E-state index in [9.17, 15) is 15.0 Å². The van der Waals surface area contributed by atoms with E-state index in [0.29, 0.717) is 28.5 Å². The number of methoxy groups -OCH3 is 2. The van der Waals surface area contributed by atoms with Crippen molar-refractivity contribution in [2.24, 2.45) is 0 Å². The second-order valence-electron chi connectivity index (χ2n) is 7.30. The van der Waals surface area contributed by atoms with Crippen LogP contribution < -0.4 is 9.47 Å². The molecule has 3 rings (SSSR count). The zero-order valence-corrected chi connectivity index (χ0v) is 18.4. The zero-order chi connectivity index (χ0) is 21.9. The highest BCUT2D eigenvalue weighted by Gasteiger charge is 2.39. The number of phenols is 1. The van der Waals surface area contributed by atoms with E-state index < -0.39 is 11.4 Å². The van der Waals surface area contributed by atoms with Crippen molar-refractivity contribution in [3.8, 4) is 17.2 Å². The van der Waals surface area contributed by atoms with Gasteiger partial charge in [0.1, 0.15) is 22.8 Å². The Labute approximate surface area is 185 Å². The van der Waals surface area contributed by atoms with Crippen molar-refractivity contribution < 1.29 is 24.5 Å². The second kappa shape index (κ2) is 9.29. The number of aliphatic hydroxyl groups is 1. The summed E-state index contributed by atoms with van der Waals surface area (Å²) in [7, 11) is 2.85. The van der Waals surface area contributed by atoms with Crippen molar-refractivity contribution in [2.75, 3.05) is 14.2 Å². The third-order valence-corrected chi connectivity index (χ3v) is 6.12. The molecule has 1 fully saturated rings. The lowest BCUT2D eigenvalue weighted by atomic mass is 9.78. The summed E-state index contributed by atoms with van der Waals surface area (Å²) in [6.45, 7) is 0. The van der Waals surface area contributed by atoms with E-state index >= 15 is 0 Å². The normalized spacial score (nSPS) is 15.9. The smallest absolute Gasteiger partial charge is 0.193 e. The first-order valence-electron chi connectivity index (χ1n) is 9.69. The average molecular weight is 451 g/mol. The first kappa shape index (κ1) is 22.5. The topological polar surface area (TPSA) is 76.0 Å². The number of carbonyl (C=O) groups excluding carboxylic acids is 1. The first-order chi connectivity index (χ1) is 14.3. The number of hydrogen-bond donors (Lipinski definition) is 2. The van der Waals surface area contributed by atoms with E-state index in [4.69, 9.17) is 32.7 Å². The Bertz CT molecular complexity index is 958. The Kier molecular flexibility index (Phi) is 6.96. The lowest BCUT2D eigenvalue weighted by Crippen LogP contribution is -2.29. The van der Waals surface area contributed by atoms with E-state index in [2.05, 4.69) is 0 Å². The molecule has 1 aliphatic carbocycles. The fourth-order valence-electron chi connectivity index (χ4n) is 3.93. The van der Waals surface area contributed by atoms with Gasteiger partial charge in [-0.25, -0.2) is 0 Å². The minimum Gasteiger partial charge on any atom is -0.506 e. The summed E-state index contributed by atoms with van der Waals surface area (Å²) in [5.41, 5.74) is -0.609. The fourth-order valence-corrected chi connectivity index (χ4v) is 4.45. The largest absolute Gasteiger partial charge is 0.506 e. The molecule has 0 unspecified atom stereocenters. The molecule has 2 aromatic carbocycles. The van der Waals surface area contributed by atoms with Crippen LogP contribution in [0.3, 0.4) is 0 Å². The maximum Gasteiger partial charge on any atom is 0.193 e. The van der Waals surface area contributed by atoms with Crippen LogP contribution in [0.5, 0.6) is 17.2 Å². The van der Waals surface area contributed by atoms with Gasteiger partial charge in [0.05, 0.1) is 25.4 Å². The summed E-state index contributed by atoms with van der Waals surface area (Å²) < 4.78 is 10.8. The van der Waals surface area contributed by atoms with E-state index in [1.54, 1.807) is 18.2 Å². The Morgan fingerprint density at radius 2 is 1.67 bits per heavy atom. The van der Waals surface area contributed by atoms with E-state index in [0.717, 1.165) is 19.3 Å². The molecule has 0 spiro atoms. The molecule has 1 aliphatic rings. The molecule has 0 bridgehead atoms. The Balaban J connectivity index is 2.10. The molecule has 2 N–H and O–H groups in total. The molecule has 0 aliphatic heterocycles. The third-order valence-electron chi connectivity index (χ3n) is 5.46. The minimum atomic E-state index is -1.27. The molecule has 160 valence electrons. The molecule has 0 aromatic heterocycles. The number of aromatic hydroxyl groups is 1. The van der Waals surface area contributed by atoms with Crippen LogP contribution in [0, 0.1) is 0 Å². The number of halogens is 2. The first-order valence-corrected chi connectivity index (χ1v) is 10.4. The summed E-state index contributed by atoms with van der Waals surface area (Å²) in [4.78, 5) is 13.0. The van der Waals surface area contributed by atoms with Gasteiger partial charge in [0.25, 0.3) is 0 Å². The number of hydrogen-bond acceptors (Lipinski definition) is 5. The highest BCUT2D eigenvalue weighted by Crippen LogP contribution is 2.49. The van der Waals surface area contributed by atoms with Gasteiger partial charge in [-0.05, 0) is 37.1 Å². The van der Waals surface area contributed by atoms with Crippen molar-refractivity contribution in [3.63, 3.8) is 0 Å². The van der Waals surface area contributed by atoms with Gasteiger partial charge in [0.15, 0.2) is 5.78 Å². The van der Waals surface area contributed by atoms with Crippen molar-refractivity contribution in [3.05, 3.63) is 57.1 Å². The number of ketones is 1. The molecule has 0 radical (unpaired) electrons. The highest BCUT2D eigenvalue weighted by molar-refractivity contribution is 6.37. The maximum atomic E-state index is 13.0. The molecule has 0 amide bonds. The molecular formula is C23H24Cl2O5. The molecule has 0 saturated heterocycles. The molecule has 2 aromatic rings. The lowest BCUT2D eigenvalue weighted by Gasteiger charge is -2.34. The number of rotatable bonds is 6. The third kappa shape index (κ3) is 4.29. The highest BCUT2D eigenvalue weighted by atomic mass is 35.5. The number of benzene rings is 2. The molecular weight excluding hydrogens is 427 g/mol. The van der Waals surface area contributed by atoms with Gasteiger partial charge in [0, 0.05) is 21.7 Å². The van der Waals surface area contributed by atoms with Crippen LogP contribution in [-0.4, -0.2) is 30.2 Å². The SMILES string of the molecule is COc1cc(OC)c(C2(O)CCCCC2)c(O)c1C(=O)C=Cc1c(Cl)cccc1Cl. The second-order valence-corrected chi connectivity index (χ2v) is 8.12. The molecule has 0 atom stereocenters. The molecule has 1 saturated carbocycles. The van der Waals surface area contributed by atoms with Crippen LogP contribution in [0.2, 0.25) is 10.0 Å². The Morgan fingerprint density at radius 3 is 2.23 bits per heavy atom. The van der Waals surface area contributed by atoms with Crippen molar-refractivity contribution in [2.45, 2.75) is 37.7 Å². The van der Waals surface area contributed by atoms with E-state index in [1.165, 1.54) is 32.4 Å². The molecule has 0 heterocycles. The Morgan fingerprint density at radius 1 is 1.07 bits per heavy atom. The predicted molar refractivity (Wildman–Crippen MR) is 118 cm³/mol. The van der Waals surface area contributed by atoms with Crippen molar-refractivity contribution >= 4 is 35.1 Å². The van der Waals surface area contributed by atoms with E-state index in [-0.39, 0.29) is 28.4 Å². The molecule has 7 heteroatoms. The number of carbonyl (C=O) groups is 1.